The van der Waals surface area contributed by atoms with E-state index in [0.717, 1.165) is 33.3 Å². The zero-order valence-corrected chi connectivity index (χ0v) is 15.3. The number of fused-ring (bicyclic) bond motifs is 3. The van der Waals surface area contributed by atoms with Crippen molar-refractivity contribution in [1.82, 2.24) is 9.97 Å². The molecule has 0 aliphatic rings. The Morgan fingerprint density at radius 3 is 2.31 bits per heavy atom. The van der Waals surface area contributed by atoms with Gasteiger partial charge in [-0.1, -0.05) is 60.7 Å². The van der Waals surface area contributed by atoms with Crippen LogP contribution in [0.5, 0.6) is 0 Å². The van der Waals surface area contributed by atoms with Crippen LogP contribution in [0.15, 0.2) is 88.0 Å². The normalized spacial score (nSPS) is 11.3. The molecule has 0 fully saturated rings. The topological polar surface area (TPSA) is 38.9 Å². The van der Waals surface area contributed by atoms with Gasteiger partial charge in [0.25, 0.3) is 0 Å². The van der Waals surface area contributed by atoms with E-state index < -0.39 is 0 Å². The fourth-order valence-electron chi connectivity index (χ4n) is 3.24. The predicted octanol–water partition coefficient (Wildman–Crippen LogP) is 6.47. The Hall–Kier alpha value is -2.98. The van der Waals surface area contributed by atoms with E-state index in [4.69, 9.17) is 4.42 Å². The lowest BCUT2D eigenvalue weighted by Crippen LogP contribution is -1.90. The van der Waals surface area contributed by atoms with Gasteiger partial charge in [-0.15, -0.1) is 0 Å². The highest BCUT2D eigenvalue weighted by molar-refractivity contribution is 9.10. The van der Waals surface area contributed by atoms with Crippen LogP contribution < -0.4 is 0 Å². The molecule has 0 saturated carbocycles. The summed E-state index contributed by atoms with van der Waals surface area (Å²) in [5.41, 5.74) is 6.44. The zero-order valence-electron chi connectivity index (χ0n) is 13.7. The maximum atomic E-state index is 6.09. The molecular formula is C22H13BrN2O. The minimum atomic E-state index is 0.552. The first-order chi connectivity index (χ1) is 12.8. The summed E-state index contributed by atoms with van der Waals surface area (Å²) in [5.74, 6) is 0. The molecule has 0 radical (unpaired) electrons. The molecule has 124 valence electrons. The van der Waals surface area contributed by atoms with E-state index in [1.165, 1.54) is 5.56 Å². The number of furan rings is 1. The van der Waals surface area contributed by atoms with Crippen molar-refractivity contribution < 1.29 is 4.42 Å². The summed E-state index contributed by atoms with van der Waals surface area (Å²) in [4.78, 5) is 9.16. The Balaban J connectivity index is 1.77. The first-order valence-corrected chi connectivity index (χ1v) is 9.09. The number of aromatic nitrogens is 2. The number of rotatable bonds is 2. The van der Waals surface area contributed by atoms with Crippen LogP contribution in [0.1, 0.15) is 0 Å². The number of para-hydroxylation sites is 1. The molecule has 0 aliphatic carbocycles. The van der Waals surface area contributed by atoms with Gasteiger partial charge in [-0.25, -0.2) is 9.97 Å². The van der Waals surface area contributed by atoms with Crippen LogP contribution in [-0.4, -0.2) is 9.97 Å². The number of hydrogen-bond acceptors (Lipinski definition) is 3. The number of benzene rings is 3. The molecule has 0 amide bonds. The summed E-state index contributed by atoms with van der Waals surface area (Å²) in [5, 5.41) is 0.992. The monoisotopic (exact) mass is 400 g/mol. The molecule has 5 rings (SSSR count). The van der Waals surface area contributed by atoms with Crippen molar-refractivity contribution in [3.63, 3.8) is 0 Å². The SMILES string of the molecule is Brc1nc(-c2cccc(-c3ccccc3)c2)c2oc3ccccc3c2n1. The van der Waals surface area contributed by atoms with Crippen LogP contribution in [0.3, 0.4) is 0 Å². The Morgan fingerprint density at radius 2 is 1.42 bits per heavy atom. The van der Waals surface area contributed by atoms with Crippen LogP contribution in [0, 0.1) is 0 Å². The average Bonchev–Trinajstić information content (AvgIpc) is 3.07. The van der Waals surface area contributed by atoms with Crippen molar-refractivity contribution in [2.45, 2.75) is 0 Å². The standard InChI is InChI=1S/C22H13BrN2O/c23-22-24-19(21-20(25-22)17-11-4-5-12-18(17)26-21)16-10-6-9-15(13-16)14-7-2-1-3-8-14/h1-13H. The van der Waals surface area contributed by atoms with Gasteiger partial charge in [0, 0.05) is 10.9 Å². The van der Waals surface area contributed by atoms with E-state index in [0.29, 0.717) is 10.3 Å². The first-order valence-electron chi connectivity index (χ1n) is 8.30. The number of nitrogens with zero attached hydrogens (tertiary/aromatic N) is 2. The van der Waals surface area contributed by atoms with Gasteiger partial charge in [0.2, 0.25) is 0 Å². The summed E-state index contributed by atoms with van der Waals surface area (Å²) < 4.78 is 6.65. The van der Waals surface area contributed by atoms with Crippen LogP contribution >= 0.6 is 15.9 Å². The highest BCUT2D eigenvalue weighted by Crippen LogP contribution is 2.35. The average molecular weight is 401 g/mol. The summed E-state index contributed by atoms with van der Waals surface area (Å²) in [6.45, 7) is 0. The molecule has 3 aromatic carbocycles. The van der Waals surface area contributed by atoms with E-state index in [1.807, 2.05) is 54.6 Å². The van der Waals surface area contributed by atoms with Gasteiger partial charge < -0.3 is 4.42 Å². The fourth-order valence-corrected chi connectivity index (χ4v) is 3.59. The second-order valence-electron chi connectivity index (χ2n) is 6.06. The molecule has 4 heteroatoms. The summed E-state index contributed by atoms with van der Waals surface area (Å²) >= 11 is 3.45. The second kappa shape index (κ2) is 6.07. The van der Waals surface area contributed by atoms with Crippen molar-refractivity contribution in [2.75, 3.05) is 0 Å². The Labute approximate surface area is 158 Å². The Morgan fingerprint density at radius 1 is 0.692 bits per heavy atom. The minimum Gasteiger partial charge on any atom is -0.452 e. The molecule has 0 bridgehead atoms. The van der Waals surface area contributed by atoms with E-state index >= 15 is 0 Å². The molecule has 5 aromatic rings. The summed E-state index contributed by atoms with van der Waals surface area (Å²) in [6.07, 6.45) is 0. The van der Waals surface area contributed by atoms with Crippen LogP contribution in [0.2, 0.25) is 0 Å². The predicted molar refractivity (Wildman–Crippen MR) is 108 cm³/mol. The number of halogens is 1. The van der Waals surface area contributed by atoms with Gasteiger partial charge in [-0.3, -0.25) is 0 Å². The summed E-state index contributed by atoms with van der Waals surface area (Å²) in [6, 6.07) is 26.6. The lowest BCUT2D eigenvalue weighted by molar-refractivity contribution is 0.666. The van der Waals surface area contributed by atoms with E-state index in [2.05, 4.69) is 50.2 Å². The molecule has 0 unspecified atom stereocenters. The molecule has 3 nitrogen and oxygen atoms in total. The van der Waals surface area contributed by atoms with Gasteiger partial charge in [-0.2, -0.15) is 0 Å². The van der Waals surface area contributed by atoms with E-state index in [9.17, 15) is 0 Å². The maximum Gasteiger partial charge on any atom is 0.197 e. The third-order valence-electron chi connectivity index (χ3n) is 4.44. The Kier molecular flexibility index (Phi) is 3.57. The Bertz CT molecular complexity index is 1250. The highest BCUT2D eigenvalue weighted by Gasteiger charge is 2.16. The van der Waals surface area contributed by atoms with Gasteiger partial charge in [-0.05, 0) is 45.3 Å². The quantitative estimate of drug-likeness (QED) is 0.318. The van der Waals surface area contributed by atoms with Crippen molar-refractivity contribution in [2.24, 2.45) is 0 Å². The highest BCUT2D eigenvalue weighted by atomic mass is 79.9. The molecular weight excluding hydrogens is 388 g/mol. The lowest BCUT2D eigenvalue weighted by Gasteiger charge is -2.06. The molecule has 2 aromatic heterocycles. The first kappa shape index (κ1) is 15.3. The van der Waals surface area contributed by atoms with Crippen LogP contribution in [0.4, 0.5) is 0 Å². The van der Waals surface area contributed by atoms with Crippen LogP contribution in [-0.2, 0) is 0 Å². The third kappa shape index (κ3) is 2.50. The molecule has 0 saturated heterocycles. The molecule has 0 spiro atoms. The van der Waals surface area contributed by atoms with Gasteiger partial charge in [0.05, 0.1) is 0 Å². The maximum absolute atomic E-state index is 6.09. The van der Waals surface area contributed by atoms with Crippen molar-refractivity contribution in [3.8, 4) is 22.4 Å². The minimum absolute atomic E-state index is 0.552. The van der Waals surface area contributed by atoms with Crippen molar-refractivity contribution in [1.29, 1.82) is 0 Å². The molecule has 0 N–H and O–H groups in total. The van der Waals surface area contributed by atoms with Crippen molar-refractivity contribution >= 4 is 38.0 Å². The number of hydrogen-bond donors (Lipinski definition) is 0. The van der Waals surface area contributed by atoms with E-state index in [1.54, 1.807) is 0 Å². The fraction of sp³-hybridized carbons (Fsp3) is 0. The molecule has 26 heavy (non-hydrogen) atoms. The largest absolute Gasteiger partial charge is 0.452 e. The smallest absolute Gasteiger partial charge is 0.197 e. The zero-order chi connectivity index (χ0) is 17.5. The van der Waals surface area contributed by atoms with E-state index in [-0.39, 0.29) is 0 Å². The molecule has 0 aliphatic heterocycles. The van der Waals surface area contributed by atoms with Gasteiger partial charge in [0.15, 0.2) is 10.3 Å². The van der Waals surface area contributed by atoms with Crippen molar-refractivity contribution in [3.05, 3.63) is 83.6 Å². The lowest BCUT2D eigenvalue weighted by atomic mass is 10.0. The molecule has 0 atom stereocenters. The second-order valence-corrected chi connectivity index (χ2v) is 6.77. The molecule has 2 heterocycles. The van der Waals surface area contributed by atoms with Crippen LogP contribution in [0.25, 0.3) is 44.5 Å². The summed E-state index contributed by atoms with van der Waals surface area (Å²) in [7, 11) is 0. The third-order valence-corrected chi connectivity index (χ3v) is 4.79. The van der Waals surface area contributed by atoms with Gasteiger partial charge >= 0.3 is 0 Å². The van der Waals surface area contributed by atoms with Gasteiger partial charge in [0.1, 0.15) is 16.8 Å².